The molecule has 37 heavy (non-hydrogen) atoms. The highest BCUT2D eigenvalue weighted by Gasteiger charge is 2.51. The third-order valence-electron chi connectivity index (χ3n) is 6.81. The van der Waals surface area contributed by atoms with Crippen LogP contribution in [0.15, 0.2) is 12.2 Å². The van der Waals surface area contributed by atoms with Gasteiger partial charge in [0.05, 0.1) is 12.4 Å². The molecule has 0 heterocycles. The maximum atomic E-state index is 13.3. The average molecular weight is 545 g/mol. The molecule has 212 valence electrons. The summed E-state index contributed by atoms with van der Waals surface area (Å²) in [6.07, 6.45) is 7.38. The molecule has 1 fully saturated rings. The Morgan fingerprint density at radius 1 is 1.05 bits per heavy atom. The monoisotopic (exact) mass is 544 g/mol. The highest BCUT2D eigenvalue weighted by Crippen LogP contribution is 2.41. The van der Waals surface area contributed by atoms with Crippen molar-refractivity contribution in [2.75, 3.05) is 12.9 Å². The molecule has 1 aliphatic rings. The zero-order valence-corrected chi connectivity index (χ0v) is 23.7. The number of hydrogen-bond donors (Lipinski definition) is 0. The molecule has 0 aliphatic heterocycles. The molecule has 0 aromatic heterocycles. The molecule has 0 aromatic rings. The molecule has 0 saturated heterocycles. The van der Waals surface area contributed by atoms with Crippen LogP contribution in [0.5, 0.6) is 0 Å². The van der Waals surface area contributed by atoms with Crippen LogP contribution in [0.1, 0.15) is 91.9 Å². The van der Waals surface area contributed by atoms with Gasteiger partial charge in [-0.15, -0.1) is 0 Å². The summed E-state index contributed by atoms with van der Waals surface area (Å²) < 4.78 is 42.2. The fourth-order valence-electron chi connectivity index (χ4n) is 4.99. The quantitative estimate of drug-likeness (QED) is 0.115. The summed E-state index contributed by atoms with van der Waals surface area (Å²) in [7, 11) is -2.37. The second-order valence-corrected chi connectivity index (χ2v) is 12.1. The number of unbranched alkanes of at least 4 members (excludes halogenated alkanes) is 3. The average Bonchev–Trinajstić information content (AvgIpc) is 3.12. The number of ketones is 1. The molecule has 0 radical (unpaired) electrons. The summed E-state index contributed by atoms with van der Waals surface area (Å²) >= 11 is 0. The molecule has 1 rings (SSSR count). The lowest BCUT2D eigenvalue weighted by Gasteiger charge is -2.31. The minimum atomic E-state index is -3.70. The minimum absolute atomic E-state index is 0.0298. The highest BCUT2D eigenvalue weighted by molar-refractivity contribution is 7.92. The maximum absolute atomic E-state index is 13.3. The number of rotatable bonds is 17. The molecule has 0 spiro atoms. The summed E-state index contributed by atoms with van der Waals surface area (Å²) in [6, 6.07) is 0. The van der Waals surface area contributed by atoms with Gasteiger partial charge in [0.25, 0.3) is 0 Å². The van der Waals surface area contributed by atoms with E-state index in [9.17, 15) is 27.6 Å². The van der Waals surface area contributed by atoms with Crippen molar-refractivity contribution in [3.8, 4) is 0 Å². The first-order valence-corrected chi connectivity index (χ1v) is 15.0. The molecule has 0 aromatic carbocycles. The van der Waals surface area contributed by atoms with Crippen molar-refractivity contribution in [3.05, 3.63) is 12.2 Å². The molecule has 5 atom stereocenters. The number of carbonyl (C=O) groups is 4. The molecule has 1 saturated carbocycles. The summed E-state index contributed by atoms with van der Waals surface area (Å²) in [5.41, 5.74) is 0. The Hall–Kier alpha value is -2.23. The highest BCUT2D eigenvalue weighted by atomic mass is 32.2. The van der Waals surface area contributed by atoms with E-state index in [0.29, 0.717) is 25.7 Å². The maximum Gasteiger partial charge on any atom is 0.305 e. The van der Waals surface area contributed by atoms with E-state index in [0.717, 1.165) is 19.3 Å². The van der Waals surface area contributed by atoms with Gasteiger partial charge in [-0.3, -0.25) is 19.2 Å². The zero-order chi connectivity index (χ0) is 28.0. The first kappa shape index (κ1) is 32.8. The van der Waals surface area contributed by atoms with Crippen molar-refractivity contribution in [2.45, 2.75) is 109 Å². The standard InChI is InChI=1S/C27H44O9S/c1-6-8-11-14-21(35-19(3)28)17-25(37(32,33)7-2)27-22(24(18-23(27)30)36-20(4)29)15-12-9-10-13-16-26(31)34-5/h9,12,21-22,24-25,27H,6-8,10-11,13-18H2,1-5H3/b12-9-/t21?,22-,24-,25?,27?/m0/s1. The molecule has 3 unspecified atom stereocenters. The van der Waals surface area contributed by atoms with Crippen molar-refractivity contribution in [1.29, 1.82) is 0 Å². The zero-order valence-electron chi connectivity index (χ0n) is 22.9. The number of ether oxygens (including phenoxy) is 3. The number of carbonyl (C=O) groups excluding carboxylic acids is 4. The predicted octanol–water partition coefficient (Wildman–Crippen LogP) is 4.12. The van der Waals surface area contributed by atoms with Gasteiger partial charge >= 0.3 is 17.9 Å². The van der Waals surface area contributed by atoms with E-state index in [1.54, 1.807) is 6.92 Å². The van der Waals surface area contributed by atoms with Crippen molar-refractivity contribution in [1.82, 2.24) is 0 Å². The normalized spacial score (nSPS) is 21.5. The number of Topliss-reactive ketones (excluding diaryl/α,β-unsaturated/α-hetero) is 1. The second kappa shape index (κ2) is 16.6. The molecule has 1 aliphatic carbocycles. The Labute approximate surface area is 221 Å². The summed E-state index contributed by atoms with van der Waals surface area (Å²) in [4.78, 5) is 48.1. The van der Waals surface area contributed by atoms with Crippen molar-refractivity contribution in [3.63, 3.8) is 0 Å². The van der Waals surface area contributed by atoms with Crippen molar-refractivity contribution >= 4 is 33.5 Å². The molecular formula is C27H44O9S. The van der Waals surface area contributed by atoms with Gasteiger partial charge in [-0.1, -0.05) is 38.8 Å². The van der Waals surface area contributed by atoms with E-state index in [1.165, 1.54) is 21.0 Å². The van der Waals surface area contributed by atoms with Crippen LogP contribution in [-0.2, 0) is 43.2 Å². The SMILES string of the molecule is CCCCCC(CC(C1C(=O)C[C@H](OC(C)=O)[C@@H]1C/C=C\CCCC(=O)OC)S(=O)(=O)CC)OC(C)=O. The van der Waals surface area contributed by atoms with Gasteiger partial charge in [0.2, 0.25) is 0 Å². The number of allylic oxidation sites excluding steroid dienone is 2. The van der Waals surface area contributed by atoms with E-state index in [1.807, 2.05) is 19.1 Å². The van der Waals surface area contributed by atoms with Crippen LogP contribution in [0, 0.1) is 11.8 Å². The largest absolute Gasteiger partial charge is 0.469 e. The van der Waals surface area contributed by atoms with Crippen LogP contribution in [0.3, 0.4) is 0 Å². The lowest BCUT2D eigenvalue weighted by molar-refractivity contribution is -0.149. The Morgan fingerprint density at radius 3 is 2.32 bits per heavy atom. The van der Waals surface area contributed by atoms with Gasteiger partial charge in [0, 0.05) is 50.7 Å². The van der Waals surface area contributed by atoms with Gasteiger partial charge in [0.15, 0.2) is 9.84 Å². The molecular weight excluding hydrogens is 500 g/mol. The Kier molecular flexibility index (Phi) is 14.7. The fraction of sp³-hybridized carbons (Fsp3) is 0.778. The Bertz CT molecular complexity index is 894. The third kappa shape index (κ3) is 11.4. The van der Waals surface area contributed by atoms with E-state index >= 15 is 0 Å². The lowest BCUT2D eigenvalue weighted by atomic mass is 9.85. The smallest absolute Gasteiger partial charge is 0.305 e. The first-order valence-electron chi connectivity index (χ1n) is 13.3. The number of sulfone groups is 1. The van der Waals surface area contributed by atoms with Gasteiger partial charge < -0.3 is 14.2 Å². The fourth-order valence-corrected chi connectivity index (χ4v) is 6.72. The van der Waals surface area contributed by atoms with Crippen LogP contribution >= 0.6 is 0 Å². The molecule has 9 nitrogen and oxygen atoms in total. The molecule has 10 heteroatoms. The number of esters is 3. The number of hydrogen-bond acceptors (Lipinski definition) is 9. The van der Waals surface area contributed by atoms with Gasteiger partial charge in [-0.05, 0) is 32.1 Å². The first-order chi connectivity index (χ1) is 17.5. The Balaban J connectivity index is 3.22. The topological polar surface area (TPSA) is 130 Å². The summed E-state index contributed by atoms with van der Waals surface area (Å²) in [5.74, 6) is -3.12. The minimum Gasteiger partial charge on any atom is -0.469 e. The van der Waals surface area contributed by atoms with Crippen LogP contribution in [0.25, 0.3) is 0 Å². The Morgan fingerprint density at radius 2 is 1.76 bits per heavy atom. The predicted molar refractivity (Wildman–Crippen MR) is 139 cm³/mol. The summed E-state index contributed by atoms with van der Waals surface area (Å²) in [6.45, 7) is 6.15. The van der Waals surface area contributed by atoms with Gasteiger partial charge in [0.1, 0.15) is 18.0 Å². The molecule has 0 bridgehead atoms. The van der Waals surface area contributed by atoms with Crippen LogP contribution in [-0.4, -0.2) is 62.4 Å². The van der Waals surface area contributed by atoms with E-state index in [-0.39, 0.29) is 36.8 Å². The lowest BCUT2D eigenvalue weighted by Crippen LogP contribution is -2.41. The van der Waals surface area contributed by atoms with Crippen LogP contribution < -0.4 is 0 Å². The number of methoxy groups -OCH3 is 1. The van der Waals surface area contributed by atoms with Gasteiger partial charge in [-0.2, -0.15) is 0 Å². The van der Waals surface area contributed by atoms with Gasteiger partial charge in [-0.25, -0.2) is 8.42 Å². The molecule has 0 amide bonds. The summed E-state index contributed by atoms with van der Waals surface area (Å²) in [5, 5.41) is -1.05. The second-order valence-electron chi connectivity index (χ2n) is 9.64. The van der Waals surface area contributed by atoms with E-state index < -0.39 is 51.1 Å². The van der Waals surface area contributed by atoms with E-state index in [2.05, 4.69) is 4.74 Å². The third-order valence-corrected chi connectivity index (χ3v) is 9.02. The van der Waals surface area contributed by atoms with Crippen LogP contribution in [0.2, 0.25) is 0 Å². The van der Waals surface area contributed by atoms with Crippen molar-refractivity contribution < 1.29 is 41.8 Å². The molecule has 0 N–H and O–H groups in total. The van der Waals surface area contributed by atoms with Crippen molar-refractivity contribution in [2.24, 2.45) is 11.8 Å². The van der Waals surface area contributed by atoms with E-state index in [4.69, 9.17) is 9.47 Å². The van der Waals surface area contributed by atoms with Crippen LogP contribution in [0.4, 0.5) is 0 Å².